The summed E-state index contributed by atoms with van der Waals surface area (Å²) in [4.78, 5) is 14.4. The van der Waals surface area contributed by atoms with E-state index >= 15 is 0 Å². The molecule has 0 bridgehead atoms. The van der Waals surface area contributed by atoms with Crippen molar-refractivity contribution in [2.24, 2.45) is 4.99 Å². The first-order valence-electron chi connectivity index (χ1n) is 5.18. The minimum absolute atomic E-state index is 0.233. The molecule has 0 heterocycles. The second-order valence-corrected chi connectivity index (χ2v) is 5.04. The van der Waals surface area contributed by atoms with Gasteiger partial charge in [0, 0.05) is 10.0 Å². The Hall–Kier alpha value is -1.12. The van der Waals surface area contributed by atoms with Crippen molar-refractivity contribution in [3.05, 3.63) is 27.7 Å². The van der Waals surface area contributed by atoms with Gasteiger partial charge in [0.15, 0.2) is 0 Å². The molecular formula is C12H12BrNO2. The highest BCUT2D eigenvalue weighted by molar-refractivity contribution is 9.10. The van der Waals surface area contributed by atoms with Crippen LogP contribution in [0.25, 0.3) is 0 Å². The zero-order chi connectivity index (χ0) is 11.8. The van der Waals surface area contributed by atoms with Crippen LogP contribution in [-0.4, -0.2) is 11.2 Å². The Morgan fingerprint density at radius 3 is 2.62 bits per heavy atom. The molecule has 4 heteroatoms. The fourth-order valence-corrected chi connectivity index (χ4v) is 2.45. The molecule has 0 aromatic heterocycles. The standard InChI is InChI=1S/C12H12BrNO2/c1-8-10(13)5-9(6-11(8)16)12(14-7-15)3-2-4-12/h5-6,16H,2-4H2,1H3. The van der Waals surface area contributed by atoms with E-state index in [9.17, 15) is 9.90 Å². The zero-order valence-electron chi connectivity index (χ0n) is 8.96. The number of aliphatic imine (C=N–C) groups is 1. The molecule has 1 aromatic carbocycles. The number of halogens is 1. The molecule has 1 aliphatic carbocycles. The predicted octanol–water partition coefficient (Wildman–Crippen LogP) is 3.18. The fourth-order valence-electron chi connectivity index (χ4n) is 2.00. The first-order valence-corrected chi connectivity index (χ1v) is 5.97. The van der Waals surface area contributed by atoms with Gasteiger partial charge in [-0.05, 0) is 43.9 Å². The lowest BCUT2D eigenvalue weighted by Crippen LogP contribution is -2.31. The monoisotopic (exact) mass is 281 g/mol. The molecule has 1 N–H and O–H groups in total. The van der Waals surface area contributed by atoms with E-state index in [0.29, 0.717) is 0 Å². The van der Waals surface area contributed by atoms with Crippen LogP contribution >= 0.6 is 15.9 Å². The number of phenolic OH excluding ortho intramolecular Hbond substituents is 1. The maximum Gasteiger partial charge on any atom is 0.235 e. The first-order chi connectivity index (χ1) is 7.59. The highest BCUT2D eigenvalue weighted by Crippen LogP contribution is 2.46. The number of benzene rings is 1. The van der Waals surface area contributed by atoms with Crippen LogP contribution in [0.3, 0.4) is 0 Å². The average molecular weight is 282 g/mol. The third-order valence-electron chi connectivity index (χ3n) is 3.29. The SMILES string of the molecule is Cc1c(O)cc(C2(N=C=O)CCC2)cc1Br. The Balaban J connectivity index is 2.51. The molecule has 16 heavy (non-hydrogen) atoms. The van der Waals surface area contributed by atoms with Gasteiger partial charge in [-0.1, -0.05) is 15.9 Å². The highest BCUT2D eigenvalue weighted by Gasteiger charge is 2.39. The molecule has 0 atom stereocenters. The number of aromatic hydroxyl groups is 1. The summed E-state index contributed by atoms with van der Waals surface area (Å²) in [6.07, 6.45) is 4.38. The summed E-state index contributed by atoms with van der Waals surface area (Å²) in [5.41, 5.74) is 1.24. The summed E-state index contributed by atoms with van der Waals surface area (Å²) in [7, 11) is 0. The van der Waals surface area contributed by atoms with E-state index in [-0.39, 0.29) is 5.75 Å². The largest absolute Gasteiger partial charge is 0.508 e. The van der Waals surface area contributed by atoms with E-state index in [1.54, 1.807) is 12.1 Å². The molecule has 0 aliphatic heterocycles. The van der Waals surface area contributed by atoms with Crippen LogP contribution in [0.15, 0.2) is 21.6 Å². The minimum atomic E-state index is -0.449. The molecule has 0 radical (unpaired) electrons. The molecule has 1 saturated carbocycles. The summed E-state index contributed by atoms with van der Waals surface area (Å²) in [5, 5.41) is 9.76. The predicted molar refractivity (Wildman–Crippen MR) is 64.2 cm³/mol. The van der Waals surface area contributed by atoms with Crippen molar-refractivity contribution in [2.75, 3.05) is 0 Å². The smallest absolute Gasteiger partial charge is 0.235 e. The van der Waals surface area contributed by atoms with Crippen LogP contribution in [0.2, 0.25) is 0 Å². The van der Waals surface area contributed by atoms with E-state index < -0.39 is 5.54 Å². The van der Waals surface area contributed by atoms with Gasteiger partial charge in [0.25, 0.3) is 0 Å². The molecule has 1 aromatic rings. The molecular weight excluding hydrogens is 270 g/mol. The molecule has 0 saturated heterocycles. The molecule has 84 valence electrons. The summed E-state index contributed by atoms with van der Waals surface area (Å²) in [6, 6.07) is 3.62. The first kappa shape index (κ1) is 11.4. The van der Waals surface area contributed by atoms with Crippen LogP contribution in [0, 0.1) is 6.92 Å². The molecule has 0 amide bonds. The van der Waals surface area contributed by atoms with Gasteiger partial charge in [-0.15, -0.1) is 0 Å². The Morgan fingerprint density at radius 1 is 1.50 bits per heavy atom. The molecule has 0 unspecified atom stereocenters. The van der Waals surface area contributed by atoms with E-state index in [0.717, 1.165) is 34.9 Å². The van der Waals surface area contributed by atoms with Crippen molar-refractivity contribution < 1.29 is 9.90 Å². The third-order valence-corrected chi connectivity index (χ3v) is 4.12. The van der Waals surface area contributed by atoms with E-state index in [2.05, 4.69) is 20.9 Å². The maximum atomic E-state index is 10.5. The van der Waals surface area contributed by atoms with E-state index in [1.165, 1.54) is 0 Å². The second-order valence-electron chi connectivity index (χ2n) is 4.19. The summed E-state index contributed by atoms with van der Waals surface area (Å²) in [5.74, 6) is 0.233. The normalized spacial score (nSPS) is 17.4. The van der Waals surface area contributed by atoms with Crippen molar-refractivity contribution in [1.82, 2.24) is 0 Å². The van der Waals surface area contributed by atoms with Gasteiger partial charge in [-0.2, -0.15) is 4.99 Å². The lowest BCUT2D eigenvalue weighted by molar-refractivity contribution is 0.255. The van der Waals surface area contributed by atoms with Crippen LogP contribution in [0.1, 0.15) is 30.4 Å². The highest BCUT2D eigenvalue weighted by atomic mass is 79.9. The number of isocyanates is 1. The van der Waals surface area contributed by atoms with Crippen LogP contribution in [-0.2, 0) is 10.3 Å². The van der Waals surface area contributed by atoms with Crippen molar-refractivity contribution in [2.45, 2.75) is 31.7 Å². The fraction of sp³-hybridized carbons (Fsp3) is 0.417. The summed E-state index contributed by atoms with van der Waals surface area (Å²) >= 11 is 3.39. The Labute approximate surface area is 102 Å². The van der Waals surface area contributed by atoms with Gasteiger partial charge < -0.3 is 5.11 Å². The quantitative estimate of drug-likeness (QED) is 0.669. The van der Waals surface area contributed by atoms with Gasteiger partial charge in [0.05, 0.1) is 5.54 Å². The van der Waals surface area contributed by atoms with Gasteiger partial charge in [-0.3, -0.25) is 0 Å². The Morgan fingerprint density at radius 2 is 2.19 bits per heavy atom. The van der Waals surface area contributed by atoms with Gasteiger partial charge in [0.1, 0.15) is 5.75 Å². The molecule has 3 nitrogen and oxygen atoms in total. The number of phenols is 1. The topological polar surface area (TPSA) is 49.7 Å². The van der Waals surface area contributed by atoms with Crippen LogP contribution in [0.4, 0.5) is 0 Å². The Kier molecular flexibility index (Phi) is 2.87. The van der Waals surface area contributed by atoms with Crippen molar-refractivity contribution in [3.63, 3.8) is 0 Å². The van der Waals surface area contributed by atoms with Gasteiger partial charge >= 0.3 is 0 Å². The van der Waals surface area contributed by atoms with Crippen LogP contribution in [0.5, 0.6) is 5.75 Å². The third kappa shape index (κ3) is 1.68. The van der Waals surface area contributed by atoms with Crippen molar-refractivity contribution in [1.29, 1.82) is 0 Å². The summed E-state index contributed by atoms with van der Waals surface area (Å²) in [6.45, 7) is 1.83. The van der Waals surface area contributed by atoms with Gasteiger partial charge in [0.2, 0.25) is 6.08 Å². The lowest BCUT2D eigenvalue weighted by atomic mass is 9.72. The zero-order valence-corrected chi connectivity index (χ0v) is 10.5. The lowest BCUT2D eigenvalue weighted by Gasteiger charge is -2.37. The number of rotatable bonds is 2. The Bertz CT molecular complexity index is 451. The number of carbonyl (C=O) groups excluding carboxylic acids is 1. The number of hydrogen-bond acceptors (Lipinski definition) is 3. The summed E-state index contributed by atoms with van der Waals surface area (Å²) < 4.78 is 0.842. The average Bonchev–Trinajstić information content (AvgIpc) is 2.19. The van der Waals surface area contributed by atoms with Crippen molar-refractivity contribution >= 4 is 22.0 Å². The number of hydrogen-bond donors (Lipinski definition) is 1. The van der Waals surface area contributed by atoms with E-state index in [4.69, 9.17) is 0 Å². The van der Waals surface area contributed by atoms with Crippen LogP contribution < -0.4 is 0 Å². The molecule has 2 rings (SSSR count). The van der Waals surface area contributed by atoms with E-state index in [1.807, 2.05) is 13.0 Å². The molecule has 1 fully saturated rings. The number of nitrogens with zero attached hydrogens (tertiary/aromatic N) is 1. The van der Waals surface area contributed by atoms with Crippen molar-refractivity contribution in [3.8, 4) is 5.75 Å². The molecule has 1 aliphatic rings. The molecule has 0 spiro atoms. The minimum Gasteiger partial charge on any atom is -0.508 e. The maximum absolute atomic E-state index is 10.5. The second kappa shape index (κ2) is 4.04. The van der Waals surface area contributed by atoms with Gasteiger partial charge in [-0.25, -0.2) is 4.79 Å².